The maximum absolute atomic E-state index is 12.3. The zero-order valence-electron chi connectivity index (χ0n) is 19.7. The Bertz CT molecular complexity index is 919. The molecule has 2 N–H and O–H groups in total. The van der Waals surface area contributed by atoms with Crippen molar-refractivity contribution in [2.45, 2.75) is 19.1 Å². The van der Waals surface area contributed by atoms with Gasteiger partial charge in [0.2, 0.25) is 0 Å². The van der Waals surface area contributed by atoms with Gasteiger partial charge in [-0.05, 0) is 29.7 Å². The van der Waals surface area contributed by atoms with Crippen LogP contribution in [-0.4, -0.2) is 92.6 Å². The normalized spacial score (nSPS) is 17.6. The number of β-amino-alcohol motifs (C(OH)–C–C–N with tert-alkyl or cyclic N) is 1. The molecule has 1 fully saturated rings. The first-order valence-electron chi connectivity index (χ1n) is 12.1. The monoisotopic (exact) mass is 469 g/mol. The molecule has 0 saturated carbocycles. The van der Waals surface area contributed by atoms with E-state index >= 15 is 0 Å². The number of aliphatic hydroxyl groups excluding tert-OH is 1. The first kappa shape index (κ1) is 24.5. The molecule has 2 aliphatic heterocycles. The van der Waals surface area contributed by atoms with E-state index in [0.717, 1.165) is 52.4 Å². The largest absolute Gasteiger partial charge is 0.488 e. The molecule has 1 unspecified atom stereocenters. The molecule has 8 heteroatoms. The summed E-state index contributed by atoms with van der Waals surface area (Å²) >= 11 is 0. The van der Waals surface area contributed by atoms with Gasteiger partial charge in [0.1, 0.15) is 6.61 Å². The Morgan fingerprint density at radius 3 is 2.47 bits per heavy atom. The third kappa shape index (κ3) is 7.43. The van der Waals surface area contributed by atoms with Crippen LogP contribution in [0.3, 0.4) is 0 Å². The van der Waals surface area contributed by atoms with E-state index in [1.807, 2.05) is 24.3 Å². The number of carbonyl (C=O) groups excluding carboxylic acids is 1. The van der Waals surface area contributed by atoms with Crippen molar-refractivity contribution in [3.63, 3.8) is 0 Å². The maximum atomic E-state index is 12.3. The van der Waals surface area contributed by atoms with E-state index in [2.05, 4.69) is 33.3 Å². The number of hydrogen-bond donors (Lipinski definition) is 2. The van der Waals surface area contributed by atoms with Crippen LogP contribution in [0.2, 0.25) is 0 Å². The molecule has 2 aliphatic rings. The van der Waals surface area contributed by atoms with Gasteiger partial charge in [0.05, 0.1) is 19.3 Å². The second-order valence-corrected chi connectivity index (χ2v) is 8.75. The highest BCUT2D eigenvalue weighted by Crippen LogP contribution is 2.26. The van der Waals surface area contributed by atoms with Gasteiger partial charge < -0.3 is 24.6 Å². The summed E-state index contributed by atoms with van der Waals surface area (Å²) in [4.78, 5) is 16.8. The van der Waals surface area contributed by atoms with Crippen molar-refractivity contribution in [2.75, 3.05) is 65.7 Å². The minimum atomic E-state index is -0.634. The van der Waals surface area contributed by atoms with Gasteiger partial charge in [0.25, 0.3) is 5.91 Å². The molecule has 2 aromatic carbocycles. The lowest BCUT2D eigenvalue weighted by molar-refractivity contribution is -0.123. The van der Waals surface area contributed by atoms with E-state index < -0.39 is 6.10 Å². The predicted molar refractivity (Wildman–Crippen MR) is 129 cm³/mol. The smallest absolute Gasteiger partial charge is 0.258 e. The molecule has 8 nitrogen and oxygen atoms in total. The molecule has 34 heavy (non-hydrogen) atoms. The number of nitrogens with zero attached hydrogens (tertiary/aromatic N) is 2. The molecule has 0 radical (unpaired) electrons. The third-order valence-corrected chi connectivity index (χ3v) is 6.19. The van der Waals surface area contributed by atoms with Gasteiger partial charge >= 0.3 is 0 Å². The second kappa shape index (κ2) is 12.7. The fourth-order valence-electron chi connectivity index (χ4n) is 4.30. The molecule has 0 aliphatic carbocycles. The third-order valence-electron chi connectivity index (χ3n) is 6.19. The lowest BCUT2D eigenvalue weighted by Crippen LogP contribution is -2.42. The van der Waals surface area contributed by atoms with Crippen LogP contribution >= 0.6 is 0 Å². The van der Waals surface area contributed by atoms with Gasteiger partial charge in [-0.25, -0.2) is 0 Å². The van der Waals surface area contributed by atoms with Crippen molar-refractivity contribution in [1.29, 1.82) is 0 Å². The van der Waals surface area contributed by atoms with Crippen molar-refractivity contribution in [3.8, 4) is 11.5 Å². The van der Waals surface area contributed by atoms with Crippen LogP contribution in [0, 0.1) is 0 Å². The number of fused-ring (bicyclic) bond motifs is 1. The summed E-state index contributed by atoms with van der Waals surface area (Å²) in [5, 5.41) is 13.2. The van der Waals surface area contributed by atoms with Gasteiger partial charge in [-0.15, -0.1) is 0 Å². The van der Waals surface area contributed by atoms with Gasteiger partial charge in [-0.3, -0.25) is 14.6 Å². The lowest BCUT2D eigenvalue weighted by atomic mass is 10.00. The van der Waals surface area contributed by atoms with E-state index in [1.54, 1.807) is 6.07 Å². The molecule has 0 aromatic heterocycles. The molecule has 2 heterocycles. The van der Waals surface area contributed by atoms with E-state index in [-0.39, 0.29) is 19.1 Å². The average molecular weight is 470 g/mol. The van der Waals surface area contributed by atoms with Crippen molar-refractivity contribution in [1.82, 2.24) is 15.1 Å². The molecule has 1 amide bonds. The number of amides is 1. The standard InChI is InChI=1S/C26H35N3O5/c30-23(19-29-10-9-21-5-1-2-6-22(21)18-29)17-27-26(31)20-34-25-8-4-3-7-24(25)33-16-13-28-11-14-32-15-12-28/h1-8,23,30H,9-20H2,(H,27,31). The number of rotatable bonds is 11. The molecular weight excluding hydrogens is 434 g/mol. The van der Waals surface area contributed by atoms with E-state index in [4.69, 9.17) is 14.2 Å². The highest BCUT2D eigenvalue weighted by atomic mass is 16.5. The maximum Gasteiger partial charge on any atom is 0.258 e. The summed E-state index contributed by atoms with van der Waals surface area (Å²) in [7, 11) is 0. The summed E-state index contributed by atoms with van der Waals surface area (Å²) < 4.78 is 17.0. The van der Waals surface area contributed by atoms with Crippen LogP contribution in [0.15, 0.2) is 48.5 Å². The Hall–Kier alpha value is -2.65. The highest BCUT2D eigenvalue weighted by Gasteiger charge is 2.19. The fourth-order valence-corrected chi connectivity index (χ4v) is 4.30. The van der Waals surface area contributed by atoms with Crippen LogP contribution in [0.5, 0.6) is 11.5 Å². The summed E-state index contributed by atoms with van der Waals surface area (Å²) in [6.45, 7) is 7.03. The molecule has 184 valence electrons. The number of nitrogens with one attached hydrogen (secondary N) is 1. The molecule has 0 spiro atoms. The number of ether oxygens (including phenoxy) is 3. The quantitative estimate of drug-likeness (QED) is 0.514. The van der Waals surface area contributed by atoms with Crippen LogP contribution in [0.1, 0.15) is 11.1 Å². The number of morpholine rings is 1. The van der Waals surface area contributed by atoms with Gasteiger partial charge in [-0.2, -0.15) is 0 Å². The Morgan fingerprint density at radius 2 is 1.68 bits per heavy atom. The number of carbonyl (C=O) groups is 1. The Kier molecular flexibility index (Phi) is 9.15. The Morgan fingerprint density at radius 1 is 0.971 bits per heavy atom. The zero-order chi connectivity index (χ0) is 23.6. The number of aliphatic hydroxyl groups is 1. The lowest BCUT2D eigenvalue weighted by Gasteiger charge is -2.30. The summed E-state index contributed by atoms with van der Waals surface area (Å²) in [6.07, 6.45) is 0.349. The Balaban J connectivity index is 1.15. The van der Waals surface area contributed by atoms with Gasteiger partial charge in [0, 0.05) is 45.8 Å². The van der Waals surface area contributed by atoms with Crippen molar-refractivity contribution in [3.05, 3.63) is 59.7 Å². The van der Waals surface area contributed by atoms with Crippen LogP contribution < -0.4 is 14.8 Å². The van der Waals surface area contributed by atoms with Crippen molar-refractivity contribution >= 4 is 5.91 Å². The van der Waals surface area contributed by atoms with E-state index in [1.165, 1.54) is 11.1 Å². The molecular formula is C26H35N3O5. The average Bonchev–Trinajstić information content (AvgIpc) is 2.87. The topological polar surface area (TPSA) is 83.5 Å². The summed E-state index contributed by atoms with van der Waals surface area (Å²) in [5.74, 6) is 0.882. The highest BCUT2D eigenvalue weighted by molar-refractivity contribution is 5.77. The first-order chi connectivity index (χ1) is 16.7. The van der Waals surface area contributed by atoms with Gasteiger partial charge in [-0.1, -0.05) is 36.4 Å². The SMILES string of the molecule is O=C(COc1ccccc1OCCN1CCOCC1)NCC(O)CN1CCc2ccccc2C1. The summed E-state index contributed by atoms with van der Waals surface area (Å²) in [5.41, 5.74) is 2.69. The molecule has 1 atom stereocenters. The first-order valence-corrected chi connectivity index (χ1v) is 12.1. The van der Waals surface area contributed by atoms with E-state index in [9.17, 15) is 9.90 Å². The fraction of sp³-hybridized carbons (Fsp3) is 0.500. The minimum Gasteiger partial charge on any atom is -0.488 e. The molecule has 2 aromatic rings. The van der Waals surface area contributed by atoms with Crippen molar-refractivity contribution in [2.24, 2.45) is 0 Å². The number of benzene rings is 2. The second-order valence-electron chi connectivity index (χ2n) is 8.75. The Labute approximate surface area is 201 Å². The van der Waals surface area contributed by atoms with Crippen LogP contribution in [-0.2, 0) is 22.5 Å². The van der Waals surface area contributed by atoms with Crippen LogP contribution in [0.25, 0.3) is 0 Å². The van der Waals surface area contributed by atoms with E-state index in [0.29, 0.717) is 24.7 Å². The summed E-state index contributed by atoms with van der Waals surface area (Å²) in [6, 6.07) is 15.8. The van der Waals surface area contributed by atoms with Crippen molar-refractivity contribution < 1.29 is 24.1 Å². The number of para-hydroxylation sites is 2. The van der Waals surface area contributed by atoms with Gasteiger partial charge in [0.15, 0.2) is 18.1 Å². The molecule has 4 rings (SSSR count). The number of hydrogen-bond acceptors (Lipinski definition) is 7. The minimum absolute atomic E-state index is 0.131. The predicted octanol–water partition coefficient (Wildman–Crippen LogP) is 1.31. The molecule has 0 bridgehead atoms. The molecule has 1 saturated heterocycles. The zero-order valence-corrected chi connectivity index (χ0v) is 19.7. The van der Waals surface area contributed by atoms with Crippen LogP contribution in [0.4, 0.5) is 0 Å².